The molecule has 0 spiro atoms. The van der Waals surface area contributed by atoms with Crippen LogP contribution >= 0.6 is 0 Å². The molecule has 94 valence electrons. The van der Waals surface area contributed by atoms with Gasteiger partial charge in [0.05, 0.1) is 12.5 Å². The van der Waals surface area contributed by atoms with E-state index >= 15 is 0 Å². The number of hydrogen-bond donors (Lipinski definition) is 2. The third-order valence-corrected chi connectivity index (χ3v) is 2.60. The van der Waals surface area contributed by atoms with Gasteiger partial charge in [0, 0.05) is 19.6 Å². The number of nitrogens with one attached hydrogen (secondary N) is 1. The van der Waals surface area contributed by atoms with Gasteiger partial charge in [-0.1, -0.05) is 13.8 Å². The highest BCUT2D eigenvalue weighted by Crippen LogP contribution is 2.07. The van der Waals surface area contributed by atoms with E-state index in [1.54, 1.807) is 0 Å². The van der Waals surface area contributed by atoms with Crippen LogP contribution in [0.2, 0.25) is 0 Å². The Morgan fingerprint density at radius 3 is 2.25 bits per heavy atom. The SMILES string of the molecule is CCC(CC)C(=O)NCC(CC(=O)O)OC. The molecule has 0 bridgehead atoms. The number of carboxylic acids is 1. The molecule has 0 rings (SSSR count). The lowest BCUT2D eigenvalue weighted by Gasteiger charge is -2.17. The summed E-state index contributed by atoms with van der Waals surface area (Å²) in [5.41, 5.74) is 0. The number of methoxy groups -OCH3 is 1. The third kappa shape index (κ3) is 5.70. The lowest BCUT2D eigenvalue weighted by molar-refractivity contribution is -0.140. The summed E-state index contributed by atoms with van der Waals surface area (Å²) in [5.74, 6) is -0.955. The summed E-state index contributed by atoms with van der Waals surface area (Å²) in [6.07, 6.45) is 1.02. The number of rotatable bonds is 8. The van der Waals surface area contributed by atoms with E-state index in [0.717, 1.165) is 12.8 Å². The molecule has 0 saturated heterocycles. The first-order chi connectivity index (χ1) is 7.54. The Bertz CT molecular complexity index is 226. The molecule has 0 fully saturated rings. The monoisotopic (exact) mass is 231 g/mol. The van der Waals surface area contributed by atoms with E-state index in [9.17, 15) is 9.59 Å². The summed E-state index contributed by atoms with van der Waals surface area (Å²) in [5, 5.41) is 11.3. The van der Waals surface area contributed by atoms with Gasteiger partial charge in [-0.2, -0.15) is 0 Å². The molecule has 5 nitrogen and oxygen atoms in total. The second-order valence-electron chi connectivity index (χ2n) is 3.71. The molecule has 1 unspecified atom stereocenters. The number of carboxylic acid groups (broad SMARTS) is 1. The fraction of sp³-hybridized carbons (Fsp3) is 0.818. The summed E-state index contributed by atoms with van der Waals surface area (Å²) in [6.45, 7) is 4.16. The van der Waals surface area contributed by atoms with Gasteiger partial charge in [-0.3, -0.25) is 9.59 Å². The zero-order valence-corrected chi connectivity index (χ0v) is 10.2. The zero-order valence-electron chi connectivity index (χ0n) is 10.2. The molecule has 1 amide bonds. The average Bonchev–Trinajstić information content (AvgIpc) is 2.25. The fourth-order valence-electron chi connectivity index (χ4n) is 1.45. The molecule has 2 N–H and O–H groups in total. The number of carbonyl (C=O) groups excluding carboxylic acids is 1. The highest BCUT2D eigenvalue weighted by Gasteiger charge is 2.17. The Morgan fingerprint density at radius 2 is 1.88 bits per heavy atom. The average molecular weight is 231 g/mol. The Kier molecular flexibility index (Phi) is 7.54. The van der Waals surface area contributed by atoms with E-state index in [1.165, 1.54) is 7.11 Å². The molecular formula is C11H21NO4. The maximum absolute atomic E-state index is 11.6. The second kappa shape index (κ2) is 8.10. The molecule has 0 heterocycles. The summed E-state index contributed by atoms with van der Waals surface area (Å²) < 4.78 is 4.96. The van der Waals surface area contributed by atoms with Crippen LogP contribution in [0.25, 0.3) is 0 Å². The highest BCUT2D eigenvalue weighted by atomic mass is 16.5. The van der Waals surface area contributed by atoms with Gasteiger partial charge in [0.2, 0.25) is 5.91 Å². The molecule has 0 aliphatic rings. The summed E-state index contributed by atoms with van der Waals surface area (Å²) in [7, 11) is 1.44. The van der Waals surface area contributed by atoms with E-state index in [4.69, 9.17) is 9.84 Å². The molecule has 16 heavy (non-hydrogen) atoms. The number of hydrogen-bond acceptors (Lipinski definition) is 3. The van der Waals surface area contributed by atoms with Crippen molar-refractivity contribution in [1.29, 1.82) is 0 Å². The normalized spacial score (nSPS) is 12.5. The Balaban J connectivity index is 4.00. The van der Waals surface area contributed by atoms with Crippen LogP contribution in [0.3, 0.4) is 0 Å². The maximum Gasteiger partial charge on any atom is 0.306 e. The van der Waals surface area contributed by atoms with Crippen LogP contribution in [0.15, 0.2) is 0 Å². The van der Waals surface area contributed by atoms with Crippen LogP contribution in [0.4, 0.5) is 0 Å². The van der Waals surface area contributed by atoms with Crippen molar-refractivity contribution in [2.45, 2.75) is 39.2 Å². The number of amides is 1. The number of ether oxygens (including phenoxy) is 1. The zero-order chi connectivity index (χ0) is 12.6. The van der Waals surface area contributed by atoms with Gasteiger partial charge >= 0.3 is 5.97 Å². The van der Waals surface area contributed by atoms with Crippen molar-refractivity contribution in [3.05, 3.63) is 0 Å². The summed E-state index contributed by atoms with van der Waals surface area (Å²) in [6, 6.07) is 0. The van der Waals surface area contributed by atoms with Crippen molar-refractivity contribution in [3.63, 3.8) is 0 Å². The van der Waals surface area contributed by atoms with E-state index in [0.29, 0.717) is 0 Å². The van der Waals surface area contributed by atoms with Gasteiger partial charge in [-0.15, -0.1) is 0 Å². The van der Waals surface area contributed by atoms with Crippen molar-refractivity contribution >= 4 is 11.9 Å². The molecule has 0 aliphatic heterocycles. The van der Waals surface area contributed by atoms with Gasteiger partial charge in [0.1, 0.15) is 0 Å². The van der Waals surface area contributed by atoms with E-state index in [1.807, 2.05) is 13.8 Å². The van der Waals surface area contributed by atoms with E-state index < -0.39 is 12.1 Å². The Hall–Kier alpha value is -1.10. The van der Waals surface area contributed by atoms with Gasteiger partial charge in [0.25, 0.3) is 0 Å². The quantitative estimate of drug-likeness (QED) is 0.654. The Labute approximate surface area is 96.2 Å². The molecule has 5 heteroatoms. The van der Waals surface area contributed by atoms with Crippen molar-refractivity contribution in [2.24, 2.45) is 5.92 Å². The van der Waals surface area contributed by atoms with Gasteiger partial charge in [-0.05, 0) is 12.8 Å². The van der Waals surface area contributed by atoms with Crippen molar-refractivity contribution in [3.8, 4) is 0 Å². The predicted octanol–water partition coefficient (Wildman–Crippen LogP) is 1.03. The van der Waals surface area contributed by atoms with Crippen LogP contribution in [0, 0.1) is 5.92 Å². The van der Waals surface area contributed by atoms with Crippen molar-refractivity contribution in [1.82, 2.24) is 5.32 Å². The maximum atomic E-state index is 11.6. The van der Waals surface area contributed by atoms with Crippen LogP contribution in [0.5, 0.6) is 0 Å². The first kappa shape index (κ1) is 14.9. The minimum absolute atomic E-state index is 0.00216. The second-order valence-corrected chi connectivity index (χ2v) is 3.71. The molecule has 1 atom stereocenters. The molecular weight excluding hydrogens is 210 g/mol. The molecule has 0 aliphatic carbocycles. The molecule has 0 saturated carbocycles. The van der Waals surface area contributed by atoms with Crippen LogP contribution < -0.4 is 5.32 Å². The van der Waals surface area contributed by atoms with Crippen LogP contribution in [-0.4, -0.2) is 36.7 Å². The smallest absolute Gasteiger partial charge is 0.306 e. The molecule has 0 aromatic heterocycles. The van der Waals surface area contributed by atoms with Crippen LogP contribution in [-0.2, 0) is 14.3 Å². The Morgan fingerprint density at radius 1 is 1.31 bits per heavy atom. The number of carbonyl (C=O) groups is 2. The molecule has 0 radical (unpaired) electrons. The van der Waals surface area contributed by atoms with Gasteiger partial charge in [-0.25, -0.2) is 0 Å². The number of aliphatic carboxylic acids is 1. The topological polar surface area (TPSA) is 75.6 Å². The summed E-state index contributed by atoms with van der Waals surface area (Å²) >= 11 is 0. The van der Waals surface area contributed by atoms with Crippen molar-refractivity contribution in [2.75, 3.05) is 13.7 Å². The molecule has 0 aromatic carbocycles. The lowest BCUT2D eigenvalue weighted by atomic mass is 10.0. The van der Waals surface area contributed by atoms with Gasteiger partial charge in [0.15, 0.2) is 0 Å². The molecule has 0 aromatic rings. The van der Waals surface area contributed by atoms with E-state index in [-0.39, 0.29) is 24.8 Å². The first-order valence-electron chi connectivity index (χ1n) is 5.57. The fourth-order valence-corrected chi connectivity index (χ4v) is 1.45. The van der Waals surface area contributed by atoms with Crippen LogP contribution in [0.1, 0.15) is 33.1 Å². The summed E-state index contributed by atoms with van der Waals surface area (Å²) in [4.78, 5) is 22.1. The first-order valence-corrected chi connectivity index (χ1v) is 5.57. The highest BCUT2D eigenvalue weighted by molar-refractivity contribution is 5.78. The third-order valence-electron chi connectivity index (χ3n) is 2.60. The largest absolute Gasteiger partial charge is 0.481 e. The van der Waals surface area contributed by atoms with Crippen molar-refractivity contribution < 1.29 is 19.4 Å². The minimum atomic E-state index is -0.927. The van der Waals surface area contributed by atoms with Gasteiger partial charge < -0.3 is 15.2 Å². The minimum Gasteiger partial charge on any atom is -0.481 e. The van der Waals surface area contributed by atoms with E-state index in [2.05, 4.69) is 5.32 Å². The lowest BCUT2D eigenvalue weighted by Crippen LogP contribution is -2.37. The predicted molar refractivity (Wildman–Crippen MR) is 60.1 cm³/mol. The standard InChI is InChI=1S/C11H21NO4/c1-4-8(5-2)11(15)12-7-9(16-3)6-10(13)14/h8-9H,4-7H2,1-3H3,(H,12,15)(H,13,14).